The second kappa shape index (κ2) is 5.58. The van der Waals surface area contributed by atoms with Crippen LogP contribution in [0.5, 0.6) is 0 Å². The smallest absolute Gasteiger partial charge is 0.224 e. The van der Waals surface area contributed by atoms with Gasteiger partial charge >= 0.3 is 0 Å². The molecule has 0 spiro atoms. The van der Waals surface area contributed by atoms with Crippen molar-refractivity contribution >= 4 is 27.5 Å². The van der Waals surface area contributed by atoms with Gasteiger partial charge in [0.15, 0.2) is 0 Å². The molecule has 0 aliphatic carbocycles. The van der Waals surface area contributed by atoms with E-state index in [1.165, 1.54) is 12.1 Å². The highest BCUT2D eigenvalue weighted by Crippen LogP contribution is 2.29. The van der Waals surface area contributed by atoms with Crippen LogP contribution in [0.25, 0.3) is 0 Å². The molecule has 3 nitrogen and oxygen atoms in total. The molecule has 0 aromatic heterocycles. The zero-order valence-electron chi connectivity index (χ0n) is 11.2. The van der Waals surface area contributed by atoms with Gasteiger partial charge in [0.05, 0.1) is 6.04 Å². The number of rotatable bonds is 2. The fraction of sp³-hybridized carbons (Fsp3) is 0.188. The van der Waals surface area contributed by atoms with Gasteiger partial charge in [-0.2, -0.15) is 0 Å². The van der Waals surface area contributed by atoms with Gasteiger partial charge in [-0.05, 0) is 47.4 Å². The summed E-state index contributed by atoms with van der Waals surface area (Å²) >= 11 is 3.28. The van der Waals surface area contributed by atoms with Crippen LogP contribution in [-0.4, -0.2) is 5.91 Å². The molecule has 2 aromatic carbocycles. The highest BCUT2D eigenvalue weighted by molar-refractivity contribution is 9.10. The van der Waals surface area contributed by atoms with Gasteiger partial charge in [-0.25, -0.2) is 4.39 Å². The molecule has 0 radical (unpaired) electrons. The highest BCUT2D eigenvalue weighted by Gasteiger charge is 2.17. The van der Waals surface area contributed by atoms with Crippen LogP contribution in [0.3, 0.4) is 0 Å². The summed E-state index contributed by atoms with van der Waals surface area (Å²) in [6.45, 7) is 0. The summed E-state index contributed by atoms with van der Waals surface area (Å²) in [5, 5.41) is 2.84. The van der Waals surface area contributed by atoms with Gasteiger partial charge in [-0.3, -0.25) is 4.79 Å². The summed E-state index contributed by atoms with van der Waals surface area (Å²) < 4.78 is 14.2. The Kier molecular flexibility index (Phi) is 3.78. The Morgan fingerprint density at radius 2 is 1.95 bits per heavy atom. The van der Waals surface area contributed by atoms with Crippen molar-refractivity contribution in [2.75, 3.05) is 5.32 Å². The minimum absolute atomic E-state index is 0.0357. The standard InChI is InChI=1S/C16H14BrFN2O/c17-12-6-11(7-13(18)8-12)16(19)10-1-3-14-9(5-10)2-4-15(21)20-14/h1,3,5-8,16H,2,4,19H2,(H,20,21). The first-order valence-electron chi connectivity index (χ1n) is 6.67. The van der Waals surface area contributed by atoms with Gasteiger partial charge in [0.1, 0.15) is 5.82 Å². The van der Waals surface area contributed by atoms with E-state index in [4.69, 9.17) is 5.73 Å². The number of carbonyl (C=O) groups is 1. The molecule has 0 saturated carbocycles. The number of nitrogens with one attached hydrogen (secondary N) is 1. The van der Waals surface area contributed by atoms with E-state index >= 15 is 0 Å². The third kappa shape index (κ3) is 2.99. The maximum Gasteiger partial charge on any atom is 0.224 e. The fourth-order valence-corrected chi connectivity index (χ4v) is 3.03. The molecule has 0 bridgehead atoms. The number of hydrogen-bond acceptors (Lipinski definition) is 2. The van der Waals surface area contributed by atoms with Crippen LogP contribution in [-0.2, 0) is 11.2 Å². The second-order valence-corrected chi connectivity index (χ2v) is 6.06. The van der Waals surface area contributed by atoms with Gasteiger partial charge in [0.25, 0.3) is 0 Å². The van der Waals surface area contributed by atoms with Crippen LogP contribution in [0.1, 0.15) is 29.2 Å². The van der Waals surface area contributed by atoms with E-state index in [2.05, 4.69) is 21.2 Å². The van der Waals surface area contributed by atoms with Gasteiger partial charge in [-0.1, -0.05) is 28.1 Å². The van der Waals surface area contributed by atoms with E-state index in [0.717, 1.165) is 16.8 Å². The fourth-order valence-electron chi connectivity index (χ4n) is 2.54. The Balaban J connectivity index is 1.94. The average molecular weight is 349 g/mol. The van der Waals surface area contributed by atoms with E-state index in [1.54, 1.807) is 0 Å². The van der Waals surface area contributed by atoms with Crippen LogP contribution >= 0.6 is 15.9 Å². The van der Waals surface area contributed by atoms with E-state index in [0.29, 0.717) is 22.9 Å². The molecule has 3 rings (SSSR count). The number of fused-ring (bicyclic) bond motifs is 1. The largest absolute Gasteiger partial charge is 0.326 e. The van der Waals surface area contributed by atoms with Crippen molar-refractivity contribution in [2.45, 2.75) is 18.9 Å². The van der Waals surface area contributed by atoms with Crippen LogP contribution in [0.4, 0.5) is 10.1 Å². The van der Waals surface area contributed by atoms with E-state index in [9.17, 15) is 9.18 Å². The first kappa shape index (κ1) is 14.2. The number of amides is 1. The maximum atomic E-state index is 13.5. The molecule has 1 amide bonds. The van der Waals surface area contributed by atoms with Crippen molar-refractivity contribution < 1.29 is 9.18 Å². The van der Waals surface area contributed by atoms with Crippen molar-refractivity contribution in [3.05, 3.63) is 63.4 Å². The Hall–Kier alpha value is -1.72. The molecule has 1 heterocycles. The number of nitrogens with two attached hydrogens (primary N) is 1. The third-order valence-electron chi connectivity index (χ3n) is 3.63. The number of hydrogen-bond donors (Lipinski definition) is 2. The lowest BCUT2D eigenvalue weighted by Gasteiger charge is -2.20. The minimum atomic E-state index is -0.403. The second-order valence-electron chi connectivity index (χ2n) is 5.15. The normalized spacial score (nSPS) is 15.3. The lowest BCUT2D eigenvalue weighted by atomic mass is 9.94. The summed E-state index contributed by atoms with van der Waals surface area (Å²) in [6, 6.07) is 9.96. The van der Waals surface area contributed by atoms with E-state index in [1.807, 2.05) is 24.3 Å². The van der Waals surface area contributed by atoms with Crippen molar-refractivity contribution in [1.82, 2.24) is 0 Å². The van der Waals surface area contributed by atoms with Crippen LogP contribution in [0, 0.1) is 5.82 Å². The Bertz CT molecular complexity index is 697. The van der Waals surface area contributed by atoms with Gasteiger partial charge in [0, 0.05) is 16.6 Å². The third-order valence-corrected chi connectivity index (χ3v) is 4.09. The molecule has 0 fully saturated rings. The van der Waals surface area contributed by atoms with Crippen LogP contribution in [0.15, 0.2) is 40.9 Å². The Morgan fingerprint density at radius 3 is 2.71 bits per heavy atom. The first-order chi connectivity index (χ1) is 10.0. The van der Waals surface area contributed by atoms with Gasteiger partial charge in [0.2, 0.25) is 5.91 Å². The van der Waals surface area contributed by atoms with Gasteiger partial charge < -0.3 is 11.1 Å². The number of halogens is 2. The predicted molar refractivity (Wildman–Crippen MR) is 83.5 cm³/mol. The average Bonchev–Trinajstić information content (AvgIpc) is 2.45. The molecule has 1 atom stereocenters. The monoisotopic (exact) mass is 348 g/mol. The molecule has 2 aromatic rings. The lowest BCUT2D eigenvalue weighted by Crippen LogP contribution is -2.20. The molecular formula is C16H14BrFN2O. The zero-order valence-corrected chi connectivity index (χ0v) is 12.8. The molecule has 0 saturated heterocycles. The van der Waals surface area contributed by atoms with Gasteiger partial charge in [-0.15, -0.1) is 0 Å². The Morgan fingerprint density at radius 1 is 1.14 bits per heavy atom. The number of carbonyl (C=O) groups excluding carboxylic acids is 1. The van der Waals surface area contributed by atoms with Crippen LogP contribution < -0.4 is 11.1 Å². The SMILES string of the molecule is NC(c1cc(F)cc(Br)c1)c1ccc2c(c1)CCC(=O)N2. The van der Waals surface area contributed by atoms with Crippen molar-refractivity contribution in [3.8, 4) is 0 Å². The molecule has 5 heteroatoms. The molecule has 1 unspecified atom stereocenters. The molecule has 3 N–H and O–H groups in total. The molecular weight excluding hydrogens is 335 g/mol. The van der Waals surface area contributed by atoms with Crippen molar-refractivity contribution in [1.29, 1.82) is 0 Å². The Labute approximate surface area is 130 Å². The zero-order chi connectivity index (χ0) is 15.0. The molecule has 1 aliphatic rings. The number of anilines is 1. The van der Waals surface area contributed by atoms with E-state index in [-0.39, 0.29) is 11.7 Å². The first-order valence-corrected chi connectivity index (χ1v) is 7.46. The molecule has 1 aliphatic heterocycles. The highest BCUT2D eigenvalue weighted by atomic mass is 79.9. The summed E-state index contributed by atoms with van der Waals surface area (Å²) in [4.78, 5) is 11.4. The van der Waals surface area contributed by atoms with E-state index < -0.39 is 6.04 Å². The molecule has 108 valence electrons. The minimum Gasteiger partial charge on any atom is -0.326 e. The summed E-state index contributed by atoms with van der Waals surface area (Å²) in [7, 11) is 0. The van der Waals surface area contributed by atoms with Crippen molar-refractivity contribution in [2.24, 2.45) is 5.73 Å². The summed E-state index contributed by atoms with van der Waals surface area (Å²) in [5.41, 5.74) is 9.76. The predicted octanol–water partition coefficient (Wildman–Crippen LogP) is 3.52. The van der Waals surface area contributed by atoms with Crippen LogP contribution in [0.2, 0.25) is 0 Å². The maximum absolute atomic E-state index is 13.5. The number of benzene rings is 2. The topological polar surface area (TPSA) is 55.1 Å². The lowest BCUT2D eigenvalue weighted by molar-refractivity contribution is -0.116. The summed E-state index contributed by atoms with van der Waals surface area (Å²) in [5.74, 6) is -0.284. The molecule has 21 heavy (non-hydrogen) atoms. The van der Waals surface area contributed by atoms with Crippen molar-refractivity contribution in [3.63, 3.8) is 0 Å². The summed E-state index contributed by atoms with van der Waals surface area (Å²) in [6.07, 6.45) is 1.19. The quantitative estimate of drug-likeness (QED) is 0.872. The number of aryl methyl sites for hydroxylation is 1.